The summed E-state index contributed by atoms with van der Waals surface area (Å²) in [5.74, 6) is 1.46. The zero-order valence-electron chi connectivity index (χ0n) is 13.0. The number of ether oxygens (including phenoxy) is 1. The molecule has 0 aliphatic heterocycles. The highest BCUT2D eigenvalue weighted by Crippen LogP contribution is 2.20. The van der Waals surface area contributed by atoms with Gasteiger partial charge in [0, 0.05) is 12.8 Å². The Balaban J connectivity index is 1.89. The number of hydrogen-bond donors (Lipinski definition) is 0. The Morgan fingerprint density at radius 1 is 1.27 bits per heavy atom. The minimum absolute atomic E-state index is 0.154. The first kappa shape index (κ1) is 16.6. The van der Waals surface area contributed by atoms with Gasteiger partial charge in [0.05, 0.1) is 17.2 Å². The normalized spacial score (nSPS) is 13.3. The fraction of sp³-hybridized carbons (Fsp3) is 0.375. The summed E-state index contributed by atoms with van der Waals surface area (Å²) in [5, 5.41) is 0. The molecular formula is C16H21NO4S. The molecule has 0 spiro atoms. The first-order valence-electron chi connectivity index (χ1n) is 7.04. The lowest BCUT2D eigenvalue weighted by atomic mass is 10.2. The molecule has 0 saturated carbocycles. The van der Waals surface area contributed by atoms with Crippen LogP contribution in [0.3, 0.4) is 0 Å². The fourth-order valence-electron chi connectivity index (χ4n) is 2.04. The number of rotatable bonds is 7. The molecule has 1 unspecified atom stereocenters. The van der Waals surface area contributed by atoms with Gasteiger partial charge in [0.25, 0.3) is 0 Å². The van der Waals surface area contributed by atoms with Crippen LogP contribution in [0.25, 0.3) is 0 Å². The van der Waals surface area contributed by atoms with E-state index < -0.39 is 9.84 Å². The summed E-state index contributed by atoms with van der Waals surface area (Å²) in [6.45, 7) is 3.23. The van der Waals surface area contributed by atoms with E-state index >= 15 is 0 Å². The van der Waals surface area contributed by atoms with Gasteiger partial charge in [-0.3, -0.25) is 4.90 Å². The maximum absolute atomic E-state index is 11.5. The van der Waals surface area contributed by atoms with E-state index in [-0.39, 0.29) is 10.9 Å². The van der Waals surface area contributed by atoms with Crippen LogP contribution in [0.1, 0.15) is 18.7 Å². The van der Waals surface area contributed by atoms with Crippen molar-refractivity contribution in [3.63, 3.8) is 0 Å². The zero-order valence-corrected chi connectivity index (χ0v) is 13.8. The number of furan rings is 1. The van der Waals surface area contributed by atoms with Gasteiger partial charge in [0.2, 0.25) is 0 Å². The van der Waals surface area contributed by atoms with Crippen LogP contribution >= 0.6 is 0 Å². The zero-order chi connectivity index (χ0) is 16.2. The molecule has 0 bridgehead atoms. The third kappa shape index (κ3) is 4.35. The van der Waals surface area contributed by atoms with Crippen molar-refractivity contribution >= 4 is 9.84 Å². The molecule has 1 atom stereocenters. The Kier molecular flexibility index (Phi) is 5.26. The van der Waals surface area contributed by atoms with E-state index in [9.17, 15) is 8.42 Å². The lowest BCUT2D eigenvalue weighted by Gasteiger charge is -2.22. The Bertz CT molecular complexity index is 695. The van der Waals surface area contributed by atoms with E-state index in [0.29, 0.717) is 18.9 Å². The summed E-state index contributed by atoms with van der Waals surface area (Å²) in [4.78, 5) is 2.38. The van der Waals surface area contributed by atoms with Crippen molar-refractivity contribution in [1.82, 2.24) is 4.90 Å². The largest absolute Gasteiger partial charge is 0.492 e. The maximum atomic E-state index is 11.5. The highest BCUT2D eigenvalue weighted by atomic mass is 32.2. The number of likely N-dealkylation sites (N-methyl/N-ethyl adjacent to an activating group) is 1. The number of hydrogen-bond acceptors (Lipinski definition) is 5. The third-order valence-electron chi connectivity index (χ3n) is 3.56. The van der Waals surface area contributed by atoms with Crippen molar-refractivity contribution in [1.29, 1.82) is 0 Å². The molecule has 5 nitrogen and oxygen atoms in total. The summed E-state index contributed by atoms with van der Waals surface area (Å²) in [5.41, 5.74) is 0. The number of benzene rings is 1. The van der Waals surface area contributed by atoms with Gasteiger partial charge in [-0.05, 0) is 44.3 Å². The molecule has 0 aliphatic rings. The second-order valence-corrected chi connectivity index (χ2v) is 7.28. The monoisotopic (exact) mass is 323 g/mol. The molecule has 6 heteroatoms. The number of nitrogens with zero attached hydrogens (tertiary/aromatic N) is 1. The first-order valence-corrected chi connectivity index (χ1v) is 8.93. The predicted molar refractivity (Wildman–Crippen MR) is 84.8 cm³/mol. The Morgan fingerprint density at radius 2 is 2.05 bits per heavy atom. The molecule has 0 fully saturated rings. The fourth-order valence-corrected chi connectivity index (χ4v) is 2.70. The van der Waals surface area contributed by atoms with Gasteiger partial charge >= 0.3 is 0 Å². The van der Waals surface area contributed by atoms with Crippen LogP contribution in [0.5, 0.6) is 5.75 Å². The van der Waals surface area contributed by atoms with Gasteiger partial charge < -0.3 is 9.15 Å². The van der Waals surface area contributed by atoms with Crippen LogP contribution in [-0.2, 0) is 9.84 Å². The Morgan fingerprint density at radius 3 is 2.68 bits per heavy atom. The molecule has 1 heterocycles. The van der Waals surface area contributed by atoms with Crippen LogP contribution in [0.15, 0.2) is 52.0 Å². The van der Waals surface area contributed by atoms with Gasteiger partial charge in [-0.25, -0.2) is 8.42 Å². The topological polar surface area (TPSA) is 59.8 Å². The van der Waals surface area contributed by atoms with Crippen molar-refractivity contribution in [2.45, 2.75) is 17.9 Å². The van der Waals surface area contributed by atoms with Crippen LogP contribution in [0.2, 0.25) is 0 Å². The smallest absolute Gasteiger partial charge is 0.175 e. The molecule has 0 saturated heterocycles. The van der Waals surface area contributed by atoms with E-state index in [2.05, 4.69) is 11.8 Å². The van der Waals surface area contributed by atoms with Crippen molar-refractivity contribution in [3.8, 4) is 5.75 Å². The van der Waals surface area contributed by atoms with Gasteiger partial charge in [-0.2, -0.15) is 0 Å². The summed E-state index contributed by atoms with van der Waals surface area (Å²) in [7, 11) is -1.22. The van der Waals surface area contributed by atoms with Crippen molar-refractivity contribution in [2.75, 3.05) is 26.5 Å². The summed E-state index contributed by atoms with van der Waals surface area (Å²) < 4.78 is 34.1. The lowest BCUT2D eigenvalue weighted by molar-refractivity contribution is 0.185. The quantitative estimate of drug-likeness (QED) is 0.784. The maximum Gasteiger partial charge on any atom is 0.175 e. The predicted octanol–water partition coefficient (Wildman–Crippen LogP) is 2.75. The highest BCUT2D eigenvalue weighted by Gasteiger charge is 2.14. The van der Waals surface area contributed by atoms with E-state index in [1.54, 1.807) is 30.5 Å². The van der Waals surface area contributed by atoms with E-state index in [4.69, 9.17) is 9.15 Å². The van der Waals surface area contributed by atoms with E-state index in [0.717, 1.165) is 5.76 Å². The standard InChI is InChI=1S/C16H21NO4S/c1-13(16-8-5-10-21-16)17(2)9-11-20-14-6-4-7-15(12-14)22(3,18)19/h4-8,10,12-13H,9,11H2,1-3H3. The summed E-state index contributed by atoms with van der Waals surface area (Å²) in [6.07, 6.45) is 2.85. The minimum atomic E-state index is -3.21. The van der Waals surface area contributed by atoms with Gasteiger partial charge in [-0.1, -0.05) is 6.07 Å². The highest BCUT2D eigenvalue weighted by molar-refractivity contribution is 7.90. The first-order chi connectivity index (χ1) is 10.4. The minimum Gasteiger partial charge on any atom is -0.492 e. The lowest BCUT2D eigenvalue weighted by Crippen LogP contribution is -2.27. The molecule has 1 aromatic carbocycles. The van der Waals surface area contributed by atoms with Gasteiger partial charge in [0.15, 0.2) is 9.84 Å². The number of sulfone groups is 1. The average molecular weight is 323 g/mol. The molecule has 2 rings (SSSR count). The molecule has 2 aromatic rings. The van der Waals surface area contributed by atoms with Gasteiger partial charge in [0.1, 0.15) is 18.1 Å². The molecular weight excluding hydrogens is 302 g/mol. The molecule has 0 aliphatic carbocycles. The Labute approximate surface area is 131 Å². The van der Waals surface area contributed by atoms with Crippen LogP contribution in [0, 0.1) is 0 Å². The van der Waals surface area contributed by atoms with Crippen molar-refractivity contribution in [2.24, 2.45) is 0 Å². The van der Waals surface area contributed by atoms with Crippen molar-refractivity contribution in [3.05, 3.63) is 48.4 Å². The van der Waals surface area contributed by atoms with E-state index in [1.165, 1.54) is 6.26 Å². The molecule has 1 aromatic heterocycles. The molecule has 0 amide bonds. The summed E-state index contributed by atoms with van der Waals surface area (Å²) >= 11 is 0. The van der Waals surface area contributed by atoms with Crippen LogP contribution in [0.4, 0.5) is 0 Å². The SMILES string of the molecule is CC(c1ccco1)N(C)CCOc1cccc(S(C)(=O)=O)c1. The van der Waals surface area contributed by atoms with Crippen molar-refractivity contribution < 1.29 is 17.6 Å². The average Bonchev–Trinajstić information content (AvgIpc) is 3.00. The van der Waals surface area contributed by atoms with E-state index in [1.807, 2.05) is 19.2 Å². The molecule has 120 valence electrons. The second kappa shape index (κ2) is 6.98. The molecule has 22 heavy (non-hydrogen) atoms. The van der Waals surface area contributed by atoms with Crippen LogP contribution in [-0.4, -0.2) is 39.8 Å². The third-order valence-corrected chi connectivity index (χ3v) is 4.67. The Hall–Kier alpha value is -1.79. The second-order valence-electron chi connectivity index (χ2n) is 5.27. The molecule has 0 radical (unpaired) electrons. The van der Waals surface area contributed by atoms with Crippen LogP contribution < -0.4 is 4.74 Å². The molecule has 0 N–H and O–H groups in total. The van der Waals surface area contributed by atoms with Gasteiger partial charge in [-0.15, -0.1) is 0 Å². The summed E-state index contributed by atoms with van der Waals surface area (Å²) in [6, 6.07) is 10.5.